The molecule has 12 heteroatoms. The predicted octanol–water partition coefficient (Wildman–Crippen LogP) is 2.05. The third-order valence-corrected chi connectivity index (χ3v) is 7.68. The highest BCUT2D eigenvalue weighted by atomic mass is 19.1. The van der Waals surface area contributed by atoms with Gasteiger partial charge in [-0.3, -0.25) is 19.3 Å². The number of cyclic esters (lactones) is 1. The Bertz CT molecular complexity index is 1350. The van der Waals surface area contributed by atoms with Gasteiger partial charge < -0.3 is 29.2 Å². The molecule has 2 aromatic rings. The lowest BCUT2D eigenvalue weighted by atomic mass is 9.70. The van der Waals surface area contributed by atoms with Crippen molar-refractivity contribution in [2.24, 2.45) is 5.41 Å². The molecule has 3 aliphatic heterocycles. The summed E-state index contributed by atoms with van der Waals surface area (Å²) in [5.74, 6) is -2.25. The summed E-state index contributed by atoms with van der Waals surface area (Å²) < 4.78 is 36.5. The monoisotopic (exact) mass is 555 g/mol. The van der Waals surface area contributed by atoms with Crippen molar-refractivity contribution in [3.05, 3.63) is 47.8 Å². The van der Waals surface area contributed by atoms with Gasteiger partial charge in [-0.1, -0.05) is 6.07 Å². The standard InChI is InChI=1S/C28H30FN3O8/c1-16(33)30-13-20-14-32(27(36)40-20)19-5-6-21(22(29)11-19)17-4-7-23-18(10-17)12-28(25(34)37-2,26(35)38-3)24-15-39-9-8-31(23)24/h4-7,10-11,20,24H,8-9,12-15H2,1-3H3,(H,30,33)/t20-,24?/m0/s1. The minimum absolute atomic E-state index is 0.00491. The number of ether oxygens (including phenoxy) is 4. The second-order valence-electron chi connectivity index (χ2n) is 9.98. The third kappa shape index (κ3) is 4.61. The van der Waals surface area contributed by atoms with Crippen LogP contribution in [-0.4, -0.2) is 83.2 Å². The van der Waals surface area contributed by atoms with E-state index in [0.717, 1.165) is 5.69 Å². The molecule has 0 spiro atoms. The summed E-state index contributed by atoms with van der Waals surface area (Å²) in [4.78, 5) is 53.1. The highest BCUT2D eigenvalue weighted by Gasteiger charge is 2.60. The zero-order valence-corrected chi connectivity index (χ0v) is 22.4. The van der Waals surface area contributed by atoms with Crippen LogP contribution >= 0.6 is 0 Å². The molecule has 1 N–H and O–H groups in total. The first-order valence-electron chi connectivity index (χ1n) is 12.9. The van der Waals surface area contributed by atoms with Gasteiger partial charge >= 0.3 is 18.0 Å². The fourth-order valence-corrected chi connectivity index (χ4v) is 5.76. The number of benzene rings is 2. The van der Waals surface area contributed by atoms with Crippen LogP contribution in [0.5, 0.6) is 0 Å². The molecule has 0 aliphatic carbocycles. The highest BCUT2D eigenvalue weighted by molar-refractivity contribution is 6.03. The molecular weight excluding hydrogens is 525 g/mol. The second-order valence-corrected chi connectivity index (χ2v) is 9.98. The Kier molecular flexibility index (Phi) is 7.37. The van der Waals surface area contributed by atoms with Crippen LogP contribution in [0.25, 0.3) is 11.1 Å². The van der Waals surface area contributed by atoms with Gasteiger partial charge in [0.1, 0.15) is 11.9 Å². The third-order valence-electron chi connectivity index (χ3n) is 7.68. The van der Waals surface area contributed by atoms with Crippen molar-refractivity contribution in [1.29, 1.82) is 0 Å². The molecule has 2 aromatic carbocycles. The van der Waals surface area contributed by atoms with Gasteiger partial charge in [-0.05, 0) is 41.5 Å². The molecule has 3 aliphatic rings. The molecule has 0 radical (unpaired) electrons. The van der Waals surface area contributed by atoms with Gasteiger partial charge in [-0.15, -0.1) is 0 Å². The largest absolute Gasteiger partial charge is 0.468 e. The Labute approximate surface area is 230 Å². The van der Waals surface area contributed by atoms with E-state index < -0.39 is 41.4 Å². The van der Waals surface area contributed by atoms with Crippen molar-refractivity contribution in [2.75, 3.05) is 56.9 Å². The lowest BCUT2D eigenvalue weighted by molar-refractivity contribution is -0.173. The fraction of sp³-hybridized carbons (Fsp3) is 0.429. The predicted molar refractivity (Wildman–Crippen MR) is 140 cm³/mol. The quantitative estimate of drug-likeness (QED) is 0.324. The van der Waals surface area contributed by atoms with E-state index >= 15 is 4.39 Å². The van der Waals surface area contributed by atoms with E-state index in [4.69, 9.17) is 18.9 Å². The Morgan fingerprint density at radius 2 is 1.88 bits per heavy atom. The second kappa shape index (κ2) is 10.8. The molecule has 2 fully saturated rings. The van der Waals surface area contributed by atoms with Crippen LogP contribution in [0.3, 0.4) is 0 Å². The molecule has 3 heterocycles. The van der Waals surface area contributed by atoms with Crippen LogP contribution in [0.1, 0.15) is 12.5 Å². The summed E-state index contributed by atoms with van der Waals surface area (Å²) in [5.41, 5.74) is 0.967. The van der Waals surface area contributed by atoms with Crippen LogP contribution in [0.2, 0.25) is 0 Å². The molecule has 1 unspecified atom stereocenters. The molecular formula is C28H30FN3O8. The van der Waals surface area contributed by atoms with Crippen molar-refractivity contribution in [3.63, 3.8) is 0 Å². The van der Waals surface area contributed by atoms with Crippen LogP contribution in [0, 0.1) is 11.2 Å². The summed E-state index contributed by atoms with van der Waals surface area (Å²) in [7, 11) is 2.45. The van der Waals surface area contributed by atoms with E-state index in [-0.39, 0.29) is 37.6 Å². The average Bonchev–Trinajstić information content (AvgIpc) is 3.34. The zero-order valence-electron chi connectivity index (χ0n) is 22.4. The lowest BCUT2D eigenvalue weighted by Gasteiger charge is -2.49. The minimum Gasteiger partial charge on any atom is -0.468 e. The topological polar surface area (TPSA) is 124 Å². The van der Waals surface area contributed by atoms with Gasteiger partial charge in [0, 0.05) is 31.1 Å². The maximum Gasteiger partial charge on any atom is 0.414 e. The van der Waals surface area contributed by atoms with Gasteiger partial charge in [-0.25, -0.2) is 9.18 Å². The molecule has 2 atom stereocenters. The Hall–Kier alpha value is -4.19. The smallest absolute Gasteiger partial charge is 0.414 e. The number of nitrogens with one attached hydrogen (secondary N) is 1. The number of anilines is 2. The number of methoxy groups -OCH3 is 2. The first kappa shape index (κ1) is 27.4. The summed E-state index contributed by atoms with van der Waals surface area (Å²) in [5, 5.41) is 2.61. The lowest BCUT2D eigenvalue weighted by Crippen LogP contribution is -2.65. The van der Waals surface area contributed by atoms with Gasteiger partial charge in [0.15, 0.2) is 5.41 Å². The van der Waals surface area contributed by atoms with E-state index in [2.05, 4.69) is 5.32 Å². The van der Waals surface area contributed by atoms with Crippen molar-refractivity contribution >= 4 is 35.3 Å². The van der Waals surface area contributed by atoms with E-state index in [1.807, 2.05) is 11.0 Å². The first-order chi connectivity index (χ1) is 19.2. The Morgan fingerprint density at radius 3 is 2.55 bits per heavy atom. The summed E-state index contributed by atoms with van der Waals surface area (Å²) >= 11 is 0. The molecule has 40 heavy (non-hydrogen) atoms. The number of nitrogens with zero attached hydrogens (tertiary/aromatic N) is 2. The normalized spacial score (nSPS) is 21.1. The number of rotatable bonds is 6. The maximum absolute atomic E-state index is 15.5. The zero-order chi connectivity index (χ0) is 28.6. The number of halogens is 1. The number of esters is 2. The van der Waals surface area contributed by atoms with E-state index in [1.165, 1.54) is 32.1 Å². The van der Waals surface area contributed by atoms with Crippen LogP contribution in [0.15, 0.2) is 36.4 Å². The number of carbonyl (C=O) groups excluding carboxylic acids is 4. The minimum atomic E-state index is -1.65. The highest BCUT2D eigenvalue weighted by Crippen LogP contribution is 2.45. The number of hydrogen-bond acceptors (Lipinski definition) is 9. The van der Waals surface area contributed by atoms with Crippen LogP contribution in [0.4, 0.5) is 20.6 Å². The molecule has 5 rings (SSSR count). The van der Waals surface area contributed by atoms with Crippen LogP contribution in [-0.2, 0) is 39.8 Å². The van der Waals surface area contributed by atoms with Gasteiger partial charge in [-0.2, -0.15) is 0 Å². The molecule has 11 nitrogen and oxygen atoms in total. The molecule has 0 bridgehead atoms. The molecule has 212 valence electrons. The van der Waals surface area contributed by atoms with Crippen molar-refractivity contribution in [2.45, 2.75) is 25.5 Å². The fourth-order valence-electron chi connectivity index (χ4n) is 5.76. The molecule has 0 aromatic heterocycles. The first-order valence-corrected chi connectivity index (χ1v) is 12.9. The van der Waals surface area contributed by atoms with Crippen molar-refractivity contribution < 1.29 is 42.5 Å². The Balaban J connectivity index is 1.47. The number of morpholine rings is 1. The molecule has 0 saturated carbocycles. The van der Waals surface area contributed by atoms with Gasteiger partial charge in [0.2, 0.25) is 5.91 Å². The van der Waals surface area contributed by atoms with E-state index in [1.54, 1.807) is 24.3 Å². The summed E-state index contributed by atoms with van der Waals surface area (Å²) in [6, 6.07) is 9.19. The van der Waals surface area contributed by atoms with E-state index in [9.17, 15) is 19.2 Å². The average molecular weight is 556 g/mol. The molecule has 2 saturated heterocycles. The molecule has 2 amide bonds. The SMILES string of the molecule is COC(=O)C1(C(=O)OC)Cc2cc(-c3ccc(N4C[C@H](CNC(C)=O)OC4=O)cc3F)ccc2N2CCOCC21. The summed E-state index contributed by atoms with van der Waals surface area (Å²) in [6.45, 7) is 2.71. The number of fused-ring (bicyclic) bond motifs is 3. The number of hydrogen-bond donors (Lipinski definition) is 1. The van der Waals surface area contributed by atoms with Gasteiger partial charge in [0.25, 0.3) is 0 Å². The number of amides is 2. The van der Waals surface area contributed by atoms with Gasteiger partial charge in [0.05, 0.1) is 52.3 Å². The summed E-state index contributed by atoms with van der Waals surface area (Å²) in [6.07, 6.45) is -1.18. The number of carbonyl (C=O) groups is 4. The van der Waals surface area contributed by atoms with Crippen molar-refractivity contribution in [1.82, 2.24) is 5.32 Å². The van der Waals surface area contributed by atoms with Crippen LogP contribution < -0.4 is 15.1 Å². The van der Waals surface area contributed by atoms with Crippen molar-refractivity contribution in [3.8, 4) is 11.1 Å². The van der Waals surface area contributed by atoms with E-state index in [0.29, 0.717) is 30.0 Å². The maximum atomic E-state index is 15.5. The Morgan fingerprint density at radius 1 is 1.12 bits per heavy atom.